The van der Waals surface area contributed by atoms with E-state index in [1.165, 1.54) is 0 Å². The van der Waals surface area contributed by atoms with E-state index in [9.17, 15) is 4.79 Å². The van der Waals surface area contributed by atoms with Crippen LogP contribution in [-0.4, -0.2) is 16.8 Å². The van der Waals surface area contributed by atoms with Crippen LogP contribution in [0, 0.1) is 0 Å². The highest BCUT2D eigenvalue weighted by atomic mass is 28.2. The summed E-state index contributed by atoms with van der Waals surface area (Å²) in [4.78, 5) is 10.3. The van der Waals surface area contributed by atoms with Crippen molar-refractivity contribution in [3.05, 3.63) is 29.8 Å². The van der Waals surface area contributed by atoms with Crippen LogP contribution in [0.5, 0.6) is 5.75 Å². The van der Waals surface area contributed by atoms with Gasteiger partial charge in [-0.1, -0.05) is 12.1 Å². The number of para-hydroxylation sites is 1. The van der Waals surface area contributed by atoms with Crippen LogP contribution in [0.25, 0.3) is 0 Å². The molecule has 3 heteroatoms. The molecule has 0 saturated heterocycles. The van der Waals surface area contributed by atoms with Gasteiger partial charge in [0, 0.05) is 0 Å². The summed E-state index contributed by atoms with van der Waals surface area (Å²) in [6, 6.07) is 6.96. The van der Waals surface area contributed by atoms with E-state index in [4.69, 9.17) is 4.43 Å². The Balaban J connectivity index is 3.08. The number of hydrogen-bond donors (Lipinski definition) is 0. The van der Waals surface area contributed by atoms with Crippen molar-refractivity contribution in [1.29, 1.82) is 0 Å². The summed E-state index contributed by atoms with van der Waals surface area (Å²) in [5.74, 6) is 0.536. The molecule has 0 aliphatic rings. The molecule has 0 spiro atoms. The molecule has 0 bridgehead atoms. The molecule has 0 heterocycles. The van der Waals surface area contributed by atoms with Gasteiger partial charge in [0.1, 0.15) is 5.75 Å². The normalized spacial score (nSPS) is 8.90. The first kappa shape index (κ1) is 7.02. The van der Waals surface area contributed by atoms with Gasteiger partial charge in [-0.15, -0.1) is 0 Å². The first-order valence-electron chi connectivity index (χ1n) is 2.76. The minimum atomic E-state index is 0.536. The third-order valence-corrected chi connectivity index (χ3v) is 1.38. The molecular formula is C7H5O2Si. The van der Waals surface area contributed by atoms with E-state index in [1.54, 1.807) is 24.3 Å². The van der Waals surface area contributed by atoms with Crippen molar-refractivity contribution in [2.75, 3.05) is 0 Å². The topological polar surface area (TPSA) is 26.3 Å². The Morgan fingerprint density at radius 1 is 1.40 bits per heavy atom. The molecule has 0 N–H and O–H groups in total. The summed E-state index contributed by atoms with van der Waals surface area (Å²) in [6.07, 6.45) is 0.746. The molecule has 1 aromatic carbocycles. The fraction of sp³-hybridized carbons (Fsp3) is 0. The van der Waals surface area contributed by atoms with Crippen molar-refractivity contribution in [3.8, 4) is 5.75 Å². The molecule has 0 aromatic heterocycles. The van der Waals surface area contributed by atoms with E-state index >= 15 is 0 Å². The predicted molar refractivity (Wildman–Crippen MR) is 38.2 cm³/mol. The average Bonchev–Trinajstić information content (AvgIpc) is 2.04. The van der Waals surface area contributed by atoms with Gasteiger partial charge >= 0.3 is 10.5 Å². The molecule has 2 nitrogen and oxygen atoms in total. The van der Waals surface area contributed by atoms with Crippen LogP contribution in [0.15, 0.2) is 24.3 Å². The maximum atomic E-state index is 10.3. The van der Waals surface area contributed by atoms with Gasteiger partial charge in [-0.25, -0.2) is 0 Å². The van der Waals surface area contributed by atoms with Gasteiger partial charge in [0.05, 0.1) is 5.56 Å². The number of carbonyl (C=O) groups is 1. The maximum Gasteiger partial charge on any atom is 0.341 e. The number of carbonyl (C=O) groups excluding carboxylic acids is 1. The zero-order valence-corrected chi connectivity index (χ0v) is 6.20. The highest BCUT2D eigenvalue weighted by Crippen LogP contribution is 2.13. The van der Waals surface area contributed by atoms with E-state index in [2.05, 4.69) is 10.5 Å². The summed E-state index contributed by atoms with van der Waals surface area (Å²) >= 11 is 0. The molecule has 1 aromatic rings. The summed E-state index contributed by atoms with van der Waals surface area (Å²) < 4.78 is 4.71. The lowest BCUT2D eigenvalue weighted by Crippen LogP contribution is -1.89. The Hall–Kier alpha value is -1.09. The maximum absolute atomic E-state index is 10.3. The second-order valence-electron chi connectivity index (χ2n) is 1.76. The molecular weight excluding hydrogens is 144 g/mol. The number of hydrogen-bond acceptors (Lipinski definition) is 2. The smallest absolute Gasteiger partial charge is 0.341 e. The van der Waals surface area contributed by atoms with Crippen molar-refractivity contribution in [1.82, 2.24) is 0 Å². The van der Waals surface area contributed by atoms with Crippen LogP contribution in [0.2, 0.25) is 0 Å². The monoisotopic (exact) mass is 149 g/mol. The van der Waals surface area contributed by atoms with Crippen molar-refractivity contribution in [2.45, 2.75) is 0 Å². The summed E-state index contributed by atoms with van der Waals surface area (Å²) in [6.45, 7) is 0. The molecule has 0 unspecified atom stereocenters. The Morgan fingerprint density at radius 3 is 2.60 bits per heavy atom. The second-order valence-corrected chi connectivity index (χ2v) is 1.96. The number of rotatable bonds is 2. The molecule has 0 fully saturated rings. The van der Waals surface area contributed by atoms with Gasteiger partial charge in [0.15, 0.2) is 6.29 Å². The molecule has 10 heavy (non-hydrogen) atoms. The van der Waals surface area contributed by atoms with E-state index in [0.29, 0.717) is 11.3 Å². The molecule has 0 atom stereocenters. The van der Waals surface area contributed by atoms with Crippen molar-refractivity contribution >= 4 is 16.8 Å². The quantitative estimate of drug-likeness (QED) is 0.462. The highest BCUT2D eigenvalue weighted by Gasteiger charge is 1.96. The summed E-state index contributed by atoms with van der Waals surface area (Å²) in [7, 11) is 2.84. The average molecular weight is 149 g/mol. The van der Waals surface area contributed by atoms with E-state index < -0.39 is 0 Å². The lowest BCUT2D eigenvalue weighted by atomic mass is 10.2. The SMILES string of the molecule is O=Cc1ccccc1O[Si]. The lowest BCUT2D eigenvalue weighted by molar-refractivity contribution is 0.112. The second kappa shape index (κ2) is 3.17. The number of benzene rings is 1. The molecule has 0 aliphatic carbocycles. The van der Waals surface area contributed by atoms with Crippen molar-refractivity contribution in [2.24, 2.45) is 0 Å². The number of aldehydes is 1. The Kier molecular flexibility index (Phi) is 2.23. The third kappa shape index (κ3) is 1.25. The molecule has 0 amide bonds. The van der Waals surface area contributed by atoms with Gasteiger partial charge in [0.2, 0.25) is 0 Å². The Morgan fingerprint density at radius 2 is 2.10 bits per heavy atom. The predicted octanol–water partition coefficient (Wildman–Crippen LogP) is 0.961. The Labute approximate surface area is 62.4 Å². The van der Waals surface area contributed by atoms with E-state index in [0.717, 1.165) is 6.29 Å². The standard InChI is InChI=1S/C7H5O2Si/c8-5-6-3-1-2-4-7(6)9-10/h1-5H. The van der Waals surface area contributed by atoms with Gasteiger partial charge in [-0.2, -0.15) is 0 Å². The van der Waals surface area contributed by atoms with Crippen LogP contribution in [0.3, 0.4) is 0 Å². The lowest BCUT2D eigenvalue weighted by Gasteiger charge is -1.99. The van der Waals surface area contributed by atoms with Gasteiger partial charge in [-0.05, 0) is 12.1 Å². The summed E-state index contributed by atoms with van der Waals surface area (Å²) in [5, 5.41) is 0. The molecule has 3 radical (unpaired) electrons. The van der Waals surface area contributed by atoms with E-state index in [1.807, 2.05) is 0 Å². The molecule has 1 rings (SSSR count). The first-order chi connectivity index (χ1) is 4.88. The molecule has 0 saturated carbocycles. The Bertz CT molecular complexity index is 235. The zero-order valence-electron chi connectivity index (χ0n) is 5.20. The fourth-order valence-electron chi connectivity index (χ4n) is 0.671. The van der Waals surface area contributed by atoms with Crippen molar-refractivity contribution < 1.29 is 9.22 Å². The van der Waals surface area contributed by atoms with Gasteiger partial charge < -0.3 is 4.43 Å². The van der Waals surface area contributed by atoms with Gasteiger partial charge in [0.25, 0.3) is 0 Å². The minimum Gasteiger partial charge on any atom is -0.540 e. The van der Waals surface area contributed by atoms with Crippen LogP contribution < -0.4 is 4.43 Å². The van der Waals surface area contributed by atoms with Crippen LogP contribution >= 0.6 is 0 Å². The largest absolute Gasteiger partial charge is 0.540 e. The zero-order chi connectivity index (χ0) is 7.40. The highest BCUT2D eigenvalue weighted by molar-refractivity contribution is 6.00. The van der Waals surface area contributed by atoms with E-state index in [-0.39, 0.29) is 0 Å². The van der Waals surface area contributed by atoms with Gasteiger partial charge in [-0.3, -0.25) is 4.79 Å². The van der Waals surface area contributed by atoms with Crippen LogP contribution in [0.1, 0.15) is 10.4 Å². The van der Waals surface area contributed by atoms with Crippen LogP contribution in [0.4, 0.5) is 0 Å². The third-order valence-electron chi connectivity index (χ3n) is 1.16. The van der Waals surface area contributed by atoms with Crippen LogP contribution in [-0.2, 0) is 0 Å². The molecule has 49 valence electrons. The van der Waals surface area contributed by atoms with Crippen molar-refractivity contribution in [3.63, 3.8) is 0 Å². The summed E-state index contributed by atoms with van der Waals surface area (Å²) in [5.41, 5.74) is 0.539. The fourth-order valence-corrected chi connectivity index (χ4v) is 0.857. The first-order valence-corrected chi connectivity index (χ1v) is 3.17. The minimum absolute atomic E-state index is 0.536. The molecule has 0 aliphatic heterocycles.